The first-order valence-corrected chi connectivity index (χ1v) is 13.0. The number of anilines is 2. The highest BCUT2D eigenvalue weighted by Crippen LogP contribution is 2.66. The summed E-state index contributed by atoms with van der Waals surface area (Å²) in [5, 5.41) is 15.7. The van der Waals surface area contributed by atoms with E-state index in [1.165, 1.54) is 0 Å². The average Bonchev–Trinajstić information content (AvgIpc) is 3.33. The largest absolute Gasteiger partial charge is 0.481 e. The summed E-state index contributed by atoms with van der Waals surface area (Å²) in [5.74, 6) is -3.46. The van der Waals surface area contributed by atoms with E-state index in [9.17, 15) is 27.9 Å². The van der Waals surface area contributed by atoms with Crippen LogP contribution in [0.1, 0.15) is 43.5 Å². The fourth-order valence-corrected chi connectivity index (χ4v) is 8.16. The van der Waals surface area contributed by atoms with Gasteiger partial charge in [0, 0.05) is 29.4 Å². The number of carboxylic acids is 1. The van der Waals surface area contributed by atoms with Crippen molar-refractivity contribution in [1.29, 1.82) is 0 Å². The van der Waals surface area contributed by atoms with E-state index in [0.717, 1.165) is 47.6 Å². The Balaban J connectivity index is 1.16. The van der Waals surface area contributed by atoms with Gasteiger partial charge < -0.3 is 15.7 Å². The minimum absolute atomic E-state index is 0.167. The third-order valence-electron chi connectivity index (χ3n) is 8.16. The quantitative estimate of drug-likeness (QED) is 0.319. The molecule has 4 aliphatic rings. The fraction of sp³-hybridized carbons (Fsp3) is 0.370. The second-order valence-corrected chi connectivity index (χ2v) is 11.8. The van der Waals surface area contributed by atoms with Gasteiger partial charge in [0.05, 0.1) is 21.0 Å². The number of nitrogens with one attached hydrogen (secondary N) is 2. The predicted molar refractivity (Wildman–Crippen MR) is 133 cm³/mol. The summed E-state index contributed by atoms with van der Waals surface area (Å²) in [5.41, 5.74) is 0.0732. The monoisotopic (exact) mass is 527 g/mol. The number of thiazole rings is 1. The van der Waals surface area contributed by atoms with E-state index in [1.807, 2.05) is 18.3 Å². The van der Waals surface area contributed by atoms with Gasteiger partial charge in [0.2, 0.25) is 0 Å². The number of rotatable bonds is 5. The number of carboxylic acid groups (broad SMARTS) is 1. The number of amides is 2. The Kier molecular flexibility index (Phi) is 5.56. The van der Waals surface area contributed by atoms with E-state index in [4.69, 9.17) is 4.98 Å². The number of aliphatic carboxylic acids is 1. The van der Waals surface area contributed by atoms with Crippen molar-refractivity contribution < 1.29 is 27.9 Å². The van der Waals surface area contributed by atoms with E-state index >= 15 is 0 Å². The van der Waals surface area contributed by atoms with Crippen LogP contribution < -0.4 is 10.6 Å². The molecule has 7 rings (SSSR count). The molecule has 0 saturated heterocycles. The highest BCUT2D eigenvalue weighted by molar-refractivity contribution is 7.15. The molecule has 2 unspecified atom stereocenters. The molecule has 0 aliphatic heterocycles. The molecule has 1 heterocycles. The van der Waals surface area contributed by atoms with Crippen LogP contribution in [0.15, 0.2) is 42.6 Å². The molecule has 192 valence electrons. The number of aromatic nitrogens is 1. The number of hydrogen-bond acceptors (Lipinski definition) is 4. The molecule has 4 saturated carbocycles. The predicted octanol–water partition coefficient (Wildman–Crippen LogP) is 6.79. The maximum atomic E-state index is 13.8. The van der Waals surface area contributed by atoms with Crippen molar-refractivity contribution in [2.75, 3.05) is 10.6 Å². The van der Waals surface area contributed by atoms with E-state index in [2.05, 4.69) is 10.6 Å². The van der Waals surface area contributed by atoms with E-state index in [1.54, 1.807) is 23.5 Å². The number of urea groups is 1. The van der Waals surface area contributed by atoms with Gasteiger partial charge in [-0.2, -0.15) is 0 Å². The molecule has 2 amide bonds. The average molecular weight is 528 g/mol. The fourth-order valence-electron chi connectivity index (χ4n) is 7.04. The molecule has 4 bridgehead atoms. The van der Waals surface area contributed by atoms with Gasteiger partial charge in [-0.1, -0.05) is 12.1 Å². The minimum atomic E-state index is -1.34. The van der Waals surface area contributed by atoms with Gasteiger partial charge in [0.15, 0.2) is 11.6 Å². The standard InChI is InChI=1S/C27H24F3N3O3S/c28-18-6-20(30)21(7-19(18)29)33-25(36)32-17-3-1-16(2-4-17)22-12-31-23(37-22)26-8-14-5-15(9-26)11-27(10-14,13-26)24(34)35/h1-4,6-7,12,14-15H,5,8-11,13H2,(H,34,35)(H2,32,33,36). The second-order valence-electron chi connectivity index (χ2n) is 10.8. The van der Waals surface area contributed by atoms with Crippen molar-refractivity contribution in [2.45, 2.75) is 43.9 Å². The van der Waals surface area contributed by atoms with Crippen LogP contribution in [-0.2, 0) is 10.2 Å². The molecule has 10 heteroatoms. The SMILES string of the molecule is O=C(Nc1ccc(-c2cnc(C34CC5CC(CC(C(=O)O)(C5)C3)C4)s2)cc1)Nc1cc(F)c(F)cc1F. The van der Waals surface area contributed by atoms with Crippen molar-refractivity contribution in [3.05, 3.63) is 65.1 Å². The zero-order valence-electron chi connectivity index (χ0n) is 19.7. The summed E-state index contributed by atoms with van der Waals surface area (Å²) >= 11 is 1.60. The molecule has 3 aromatic rings. The van der Waals surface area contributed by atoms with Crippen molar-refractivity contribution in [2.24, 2.45) is 17.3 Å². The number of carbonyl (C=O) groups is 2. The number of hydrogen-bond donors (Lipinski definition) is 3. The Labute approximate surface area is 214 Å². The van der Waals surface area contributed by atoms with Gasteiger partial charge in [0.25, 0.3) is 0 Å². The normalized spacial score (nSPS) is 27.8. The van der Waals surface area contributed by atoms with Crippen LogP contribution >= 0.6 is 11.3 Å². The Morgan fingerprint density at radius 2 is 1.62 bits per heavy atom. The van der Waals surface area contributed by atoms with E-state index < -0.39 is 40.6 Å². The zero-order chi connectivity index (χ0) is 25.9. The molecule has 2 atom stereocenters. The van der Waals surface area contributed by atoms with Gasteiger partial charge >= 0.3 is 12.0 Å². The number of benzene rings is 2. The van der Waals surface area contributed by atoms with Crippen molar-refractivity contribution in [1.82, 2.24) is 4.98 Å². The third kappa shape index (κ3) is 4.17. The number of nitrogens with zero attached hydrogens (tertiary/aromatic N) is 1. The molecule has 0 spiro atoms. The van der Waals surface area contributed by atoms with E-state index in [-0.39, 0.29) is 5.41 Å². The molecule has 4 aliphatic carbocycles. The van der Waals surface area contributed by atoms with Crippen LogP contribution in [0.25, 0.3) is 10.4 Å². The van der Waals surface area contributed by atoms with Gasteiger partial charge in [0.1, 0.15) is 5.82 Å². The lowest BCUT2D eigenvalue weighted by Crippen LogP contribution is -2.56. The topological polar surface area (TPSA) is 91.3 Å². The van der Waals surface area contributed by atoms with Crippen LogP contribution in [0, 0.1) is 34.7 Å². The first-order valence-electron chi connectivity index (χ1n) is 12.2. The highest BCUT2D eigenvalue weighted by atomic mass is 32.1. The third-order valence-corrected chi connectivity index (χ3v) is 9.45. The minimum Gasteiger partial charge on any atom is -0.481 e. The molecule has 0 radical (unpaired) electrons. The second kappa shape index (κ2) is 8.58. The summed E-state index contributed by atoms with van der Waals surface area (Å²) in [6.07, 6.45) is 7.18. The zero-order valence-corrected chi connectivity index (χ0v) is 20.5. The maximum absolute atomic E-state index is 13.8. The maximum Gasteiger partial charge on any atom is 0.323 e. The molecule has 4 fully saturated rings. The van der Waals surface area contributed by atoms with Gasteiger partial charge in [-0.3, -0.25) is 4.79 Å². The summed E-state index contributed by atoms with van der Waals surface area (Å²) in [4.78, 5) is 30.1. The first kappa shape index (κ1) is 24.0. The van der Waals surface area contributed by atoms with Crippen LogP contribution in [0.5, 0.6) is 0 Å². The smallest absolute Gasteiger partial charge is 0.323 e. The van der Waals surface area contributed by atoms with Crippen LogP contribution in [0.3, 0.4) is 0 Å². The molecule has 6 nitrogen and oxygen atoms in total. The van der Waals surface area contributed by atoms with Crippen LogP contribution in [0.4, 0.5) is 29.3 Å². The molecule has 37 heavy (non-hydrogen) atoms. The summed E-state index contributed by atoms with van der Waals surface area (Å²) < 4.78 is 40.2. The summed E-state index contributed by atoms with van der Waals surface area (Å²) in [7, 11) is 0. The van der Waals surface area contributed by atoms with Crippen LogP contribution in [-0.4, -0.2) is 22.1 Å². The molecule has 2 aromatic carbocycles. The number of carbonyl (C=O) groups excluding carboxylic acids is 1. The lowest BCUT2D eigenvalue weighted by Gasteiger charge is -2.59. The first-order chi connectivity index (χ1) is 17.6. The Morgan fingerprint density at radius 1 is 0.946 bits per heavy atom. The van der Waals surface area contributed by atoms with Crippen LogP contribution in [0.2, 0.25) is 0 Å². The molecule has 1 aromatic heterocycles. The lowest BCUT2D eigenvalue weighted by atomic mass is 9.44. The Bertz CT molecular complexity index is 1390. The molecule has 3 N–H and O–H groups in total. The molecular formula is C27H24F3N3O3S. The number of halogens is 3. The highest BCUT2D eigenvalue weighted by Gasteiger charge is 2.62. The molecular weight excluding hydrogens is 503 g/mol. The summed E-state index contributed by atoms with van der Waals surface area (Å²) in [6.45, 7) is 0. The lowest BCUT2D eigenvalue weighted by molar-refractivity contribution is -0.167. The van der Waals surface area contributed by atoms with Crippen molar-refractivity contribution in [3.8, 4) is 10.4 Å². The van der Waals surface area contributed by atoms with Crippen molar-refractivity contribution in [3.63, 3.8) is 0 Å². The van der Waals surface area contributed by atoms with Gasteiger partial charge in [-0.15, -0.1) is 11.3 Å². The van der Waals surface area contributed by atoms with Gasteiger partial charge in [-0.05, 0) is 68.1 Å². The Hall–Kier alpha value is -3.40. The van der Waals surface area contributed by atoms with Crippen molar-refractivity contribution >= 4 is 34.7 Å². The summed E-state index contributed by atoms with van der Waals surface area (Å²) in [6, 6.07) is 7.16. The van der Waals surface area contributed by atoms with Gasteiger partial charge in [-0.25, -0.2) is 22.9 Å². The Morgan fingerprint density at radius 3 is 2.30 bits per heavy atom. The van der Waals surface area contributed by atoms with E-state index in [0.29, 0.717) is 36.1 Å².